The smallest absolute Gasteiger partial charge is 0.422 e. The molecule has 0 radical (unpaired) electrons. The number of fused-ring (bicyclic) bond motifs is 1. The second-order valence-electron chi connectivity index (χ2n) is 8.13. The first kappa shape index (κ1) is 24.6. The van der Waals surface area contributed by atoms with Gasteiger partial charge in [-0.05, 0) is 26.0 Å². The van der Waals surface area contributed by atoms with Crippen molar-refractivity contribution in [1.29, 1.82) is 5.26 Å². The number of alkyl halides is 4. The molecular weight excluding hydrogens is 477 g/mol. The van der Waals surface area contributed by atoms with E-state index < -0.39 is 41.2 Å². The van der Waals surface area contributed by atoms with Crippen LogP contribution >= 0.6 is 0 Å². The minimum atomic E-state index is -5.10. The normalized spacial score (nSPS) is 20.3. The number of halogens is 5. The van der Waals surface area contributed by atoms with E-state index in [4.69, 9.17) is 4.74 Å². The molecule has 1 aliphatic heterocycles. The van der Waals surface area contributed by atoms with Gasteiger partial charge in [-0.15, -0.1) is 0 Å². The van der Waals surface area contributed by atoms with E-state index in [2.05, 4.69) is 25.7 Å². The lowest BCUT2D eigenvalue weighted by atomic mass is 10.0. The van der Waals surface area contributed by atoms with Crippen molar-refractivity contribution in [3.63, 3.8) is 0 Å². The fraction of sp³-hybridized carbons (Fsp3) is 0.429. The molecule has 0 aromatic carbocycles. The number of piperidine rings is 1. The minimum absolute atomic E-state index is 0.0149. The van der Waals surface area contributed by atoms with Crippen LogP contribution in [0.4, 0.5) is 27.8 Å². The van der Waals surface area contributed by atoms with E-state index in [1.54, 1.807) is 6.07 Å². The molecule has 0 spiro atoms. The maximum absolute atomic E-state index is 15.0. The van der Waals surface area contributed by atoms with Crippen molar-refractivity contribution < 1.29 is 31.8 Å². The Morgan fingerprint density at radius 3 is 2.71 bits per heavy atom. The number of nitrogens with zero attached hydrogens (tertiary/aromatic N) is 5. The molecule has 186 valence electrons. The van der Waals surface area contributed by atoms with Crippen molar-refractivity contribution in [1.82, 2.24) is 24.9 Å². The predicted molar refractivity (Wildman–Crippen MR) is 113 cm³/mol. The number of ether oxygens (including phenoxy) is 1. The number of nitriles is 1. The second-order valence-corrected chi connectivity index (χ2v) is 8.13. The third-order valence-corrected chi connectivity index (χ3v) is 5.75. The molecule has 4 heterocycles. The number of hydrogen-bond donors (Lipinski definition) is 3. The topological polar surface area (TPSA) is 120 Å². The molecule has 3 unspecified atom stereocenters. The first-order valence-corrected chi connectivity index (χ1v) is 10.4. The summed E-state index contributed by atoms with van der Waals surface area (Å²) in [6.45, 7) is 1.23. The lowest BCUT2D eigenvalue weighted by molar-refractivity contribution is -0.261. The van der Waals surface area contributed by atoms with Gasteiger partial charge in [-0.3, -0.25) is 0 Å². The largest absolute Gasteiger partial charge is 0.495 e. The minimum Gasteiger partial charge on any atom is -0.495 e. The van der Waals surface area contributed by atoms with E-state index in [9.17, 15) is 32.3 Å². The summed E-state index contributed by atoms with van der Waals surface area (Å²) in [4.78, 5) is 8.15. The molecule has 0 amide bonds. The van der Waals surface area contributed by atoms with Crippen LogP contribution in [0.5, 0.6) is 5.75 Å². The van der Waals surface area contributed by atoms with E-state index in [1.807, 2.05) is 0 Å². The fourth-order valence-corrected chi connectivity index (χ4v) is 3.69. The van der Waals surface area contributed by atoms with Crippen molar-refractivity contribution >= 4 is 11.5 Å². The SMILES string of the molecule is COc1cc2ncc(-c3nc(NC4CNCCC4F)c(C#N)cc3F)n2nc1C(C)(O)C(F)(F)F. The van der Waals surface area contributed by atoms with Crippen LogP contribution in [0.2, 0.25) is 0 Å². The number of pyridine rings is 1. The summed E-state index contributed by atoms with van der Waals surface area (Å²) in [5.41, 5.74) is -5.03. The highest BCUT2D eigenvalue weighted by Gasteiger charge is 2.54. The molecule has 35 heavy (non-hydrogen) atoms. The molecule has 1 saturated heterocycles. The Morgan fingerprint density at radius 1 is 1.34 bits per heavy atom. The molecule has 1 aliphatic rings. The molecule has 3 aromatic rings. The van der Waals surface area contributed by atoms with E-state index in [1.165, 1.54) is 0 Å². The van der Waals surface area contributed by atoms with Gasteiger partial charge in [0, 0.05) is 12.6 Å². The van der Waals surface area contributed by atoms with Crippen LogP contribution in [0.1, 0.15) is 24.6 Å². The van der Waals surface area contributed by atoms with Gasteiger partial charge in [0.15, 0.2) is 11.5 Å². The summed E-state index contributed by atoms with van der Waals surface area (Å²) in [5, 5.41) is 29.3. The Labute approximate surface area is 195 Å². The number of hydrogen-bond acceptors (Lipinski definition) is 8. The molecule has 0 saturated carbocycles. The second kappa shape index (κ2) is 8.90. The third kappa shape index (κ3) is 4.32. The van der Waals surface area contributed by atoms with Crippen LogP contribution in [0.3, 0.4) is 0 Å². The number of anilines is 1. The summed E-state index contributed by atoms with van der Waals surface area (Å²) in [6, 6.07) is 3.04. The van der Waals surface area contributed by atoms with Crippen molar-refractivity contribution in [2.75, 3.05) is 25.5 Å². The average Bonchev–Trinajstić information content (AvgIpc) is 3.22. The third-order valence-electron chi connectivity index (χ3n) is 5.75. The van der Waals surface area contributed by atoms with E-state index in [0.717, 1.165) is 30.0 Å². The standard InChI is InChI=1S/C21H20F5N7O2/c1-20(34,21(24,25)26)18-15(35-2)6-16-29-9-14(33(16)32-18)17-12(23)5-10(7-27)19(31-17)30-13-8-28-4-3-11(13)22/h5-6,9,11,13,28,34H,3-4,8H2,1-2H3,(H,30,31). The Bertz CT molecular complexity index is 1300. The molecule has 9 nitrogen and oxygen atoms in total. The van der Waals surface area contributed by atoms with E-state index in [-0.39, 0.29) is 41.4 Å². The average molecular weight is 497 g/mol. The van der Waals surface area contributed by atoms with Crippen LogP contribution in [-0.4, -0.2) is 63.3 Å². The van der Waals surface area contributed by atoms with Crippen LogP contribution in [0.15, 0.2) is 18.3 Å². The molecule has 0 bridgehead atoms. The zero-order valence-corrected chi connectivity index (χ0v) is 18.5. The highest BCUT2D eigenvalue weighted by molar-refractivity contribution is 5.66. The van der Waals surface area contributed by atoms with Gasteiger partial charge in [0.25, 0.3) is 0 Å². The quantitative estimate of drug-likeness (QED) is 0.461. The number of rotatable bonds is 5. The van der Waals surface area contributed by atoms with E-state index in [0.29, 0.717) is 13.5 Å². The summed E-state index contributed by atoms with van der Waals surface area (Å²) < 4.78 is 75.7. The van der Waals surface area contributed by atoms with Gasteiger partial charge in [-0.2, -0.15) is 23.5 Å². The zero-order valence-electron chi connectivity index (χ0n) is 18.5. The Morgan fingerprint density at radius 2 is 2.09 bits per heavy atom. The van der Waals surface area contributed by atoms with Crippen molar-refractivity contribution in [3.05, 3.63) is 35.4 Å². The van der Waals surface area contributed by atoms with Crippen LogP contribution < -0.4 is 15.4 Å². The van der Waals surface area contributed by atoms with Gasteiger partial charge in [0.1, 0.15) is 40.9 Å². The number of aliphatic hydroxyl groups is 1. The maximum Gasteiger partial charge on any atom is 0.422 e. The molecule has 4 rings (SSSR count). The predicted octanol–water partition coefficient (Wildman–Crippen LogP) is 2.69. The maximum atomic E-state index is 15.0. The van der Waals surface area contributed by atoms with Gasteiger partial charge in [-0.25, -0.2) is 23.3 Å². The summed E-state index contributed by atoms with van der Waals surface area (Å²) in [6.07, 6.45) is -4.99. The molecule has 3 atom stereocenters. The van der Waals surface area contributed by atoms with Crippen molar-refractivity contribution in [2.24, 2.45) is 0 Å². The Hall–Kier alpha value is -3.57. The number of aromatic nitrogens is 4. The summed E-state index contributed by atoms with van der Waals surface area (Å²) in [7, 11) is 1.10. The fourth-order valence-electron chi connectivity index (χ4n) is 3.69. The number of methoxy groups -OCH3 is 1. The first-order chi connectivity index (χ1) is 16.5. The molecular formula is C21H20F5N7O2. The van der Waals surface area contributed by atoms with E-state index >= 15 is 0 Å². The van der Waals surface area contributed by atoms with Gasteiger partial charge < -0.3 is 20.5 Å². The monoisotopic (exact) mass is 497 g/mol. The molecule has 3 aromatic heterocycles. The van der Waals surface area contributed by atoms with Crippen LogP contribution in [0, 0.1) is 17.1 Å². The molecule has 1 fully saturated rings. The van der Waals surface area contributed by atoms with Crippen LogP contribution in [-0.2, 0) is 5.60 Å². The Kier molecular flexibility index (Phi) is 6.24. The number of nitrogens with one attached hydrogen (secondary N) is 2. The first-order valence-electron chi connectivity index (χ1n) is 10.4. The lowest BCUT2D eigenvalue weighted by Gasteiger charge is -2.28. The highest BCUT2D eigenvalue weighted by Crippen LogP contribution is 2.41. The highest BCUT2D eigenvalue weighted by atomic mass is 19.4. The van der Waals surface area contributed by atoms with Gasteiger partial charge in [-0.1, -0.05) is 0 Å². The molecule has 3 N–H and O–H groups in total. The molecule has 14 heteroatoms. The lowest BCUT2D eigenvalue weighted by Crippen LogP contribution is -2.46. The van der Waals surface area contributed by atoms with Crippen molar-refractivity contribution in [2.45, 2.75) is 37.3 Å². The van der Waals surface area contributed by atoms with Crippen LogP contribution in [0.25, 0.3) is 17.0 Å². The zero-order chi connectivity index (χ0) is 25.5. The van der Waals surface area contributed by atoms with Gasteiger partial charge in [0.05, 0.1) is 24.9 Å². The summed E-state index contributed by atoms with van der Waals surface area (Å²) in [5.74, 6) is -1.47. The Balaban J connectivity index is 1.86. The van der Waals surface area contributed by atoms with Gasteiger partial charge >= 0.3 is 6.18 Å². The van der Waals surface area contributed by atoms with Gasteiger partial charge in [0.2, 0.25) is 5.60 Å². The van der Waals surface area contributed by atoms with Crippen molar-refractivity contribution in [3.8, 4) is 23.2 Å². The molecule has 0 aliphatic carbocycles. The summed E-state index contributed by atoms with van der Waals surface area (Å²) >= 11 is 0. The number of imidazole rings is 1.